The van der Waals surface area contributed by atoms with Gasteiger partial charge >= 0.3 is 5.97 Å². The first-order chi connectivity index (χ1) is 12.8. The number of hydrogen-bond acceptors (Lipinski definition) is 7. The van der Waals surface area contributed by atoms with Crippen LogP contribution in [0.15, 0.2) is 18.2 Å². The molecule has 0 aromatic heterocycles. The minimum Gasteiger partial charge on any atom is -0.467 e. The van der Waals surface area contributed by atoms with E-state index < -0.39 is 34.9 Å². The van der Waals surface area contributed by atoms with Gasteiger partial charge in [-0.05, 0) is 31.9 Å². The molecule has 2 rings (SSSR count). The van der Waals surface area contributed by atoms with E-state index in [2.05, 4.69) is 10.1 Å². The molecule has 0 radical (unpaired) electrons. The summed E-state index contributed by atoms with van der Waals surface area (Å²) in [6.45, 7) is 1.59. The predicted molar refractivity (Wildman–Crippen MR) is 92.9 cm³/mol. The molecular formula is C17H21N3O7. The van der Waals surface area contributed by atoms with E-state index in [9.17, 15) is 29.6 Å². The fraction of sp³-hybridized carbons (Fsp3) is 0.471. The van der Waals surface area contributed by atoms with E-state index in [0.717, 1.165) is 7.11 Å². The number of carbonyl (C=O) groups excluding carboxylic acids is 3. The number of nitro groups is 1. The third-order valence-electron chi connectivity index (χ3n) is 4.40. The zero-order chi connectivity index (χ0) is 20.1. The number of aryl methyl sites for hydroxylation is 1. The molecule has 10 heteroatoms. The number of nitro benzene ring substituents is 1. The first-order valence-corrected chi connectivity index (χ1v) is 8.36. The van der Waals surface area contributed by atoms with Gasteiger partial charge in [0.15, 0.2) is 6.10 Å². The molecule has 2 amide bonds. The van der Waals surface area contributed by atoms with E-state index >= 15 is 0 Å². The fourth-order valence-corrected chi connectivity index (χ4v) is 2.98. The topological polar surface area (TPSA) is 139 Å². The zero-order valence-electron chi connectivity index (χ0n) is 15.0. The highest BCUT2D eigenvalue weighted by atomic mass is 16.6. The molecule has 0 unspecified atom stereocenters. The Bertz CT molecular complexity index is 765. The highest BCUT2D eigenvalue weighted by Crippen LogP contribution is 2.24. The van der Waals surface area contributed by atoms with Gasteiger partial charge in [-0.15, -0.1) is 0 Å². The van der Waals surface area contributed by atoms with Crippen molar-refractivity contribution < 1.29 is 29.2 Å². The van der Waals surface area contributed by atoms with Crippen LogP contribution in [0.3, 0.4) is 0 Å². The molecule has 27 heavy (non-hydrogen) atoms. The van der Waals surface area contributed by atoms with Crippen LogP contribution >= 0.6 is 0 Å². The number of ether oxygens (including phenoxy) is 1. The summed E-state index contributed by atoms with van der Waals surface area (Å²) in [6, 6.07) is 3.31. The number of esters is 1. The Morgan fingerprint density at radius 3 is 2.74 bits per heavy atom. The Hall–Kier alpha value is -3.01. The SMILES string of the molecule is COC(=O)[C@H](O)CNC(=O)[C@H]1CCCN1C(=O)c1ccc([N+](=O)[O-])c(C)c1. The summed E-state index contributed by atoms with van der Waals surface area (Å²) in [6.07, 6.45) is -0.422. The lowest BCUT2D eigenvalue weighted by Gasteiger charge is -2.24. The average Bonchev–Trinajstić information content (AvgIpc) is 3.13. The van der Waals surface area contributed by atoms with Gasteiger partial charge in [0.1, 0.15) is 6.04 Å². The minimum absolute atomic E-state index is 0.0842. The molecule has 146 valence electrons. The van der Waals surface area contributed by atoms with E-state index in [-0.39, 0.29) is 17.8 Å². The standard InChI is InChI=1S/C17H21N3O7/c1-10-8-11(5-6-12(10)20(25)26)16(23)19-7-3-4-13(19)15(22)18-9-14(21)17(24)27-2/h5-6,8,13-14,21H,3-4,7,9H2,1-2H3,(H,18,22)/t13-,14-/m1/s1. The maximum absolute atomic E-state index is 12.7. The summed E-state index contributed by atoms with van der Waals surface area (Å²) in [5, 5.41) is 22.9. The fourth-order valence-electron chi connectivity index (χ4n) is 2.98. The lowest BCUT2D eigenvalue weighted by Crippen LogP contribution is -2.48. The van der Waals surface area contributed by atoms with Gasteiger partial charge in [0, 0.05) is 23.7 Å². The van der Waals surface area contributed by atoms with Gasteiger partial charge in [-0.25, -0.2) is 4.79 Å². The molecule has 2 N–H and O–H groups in total. The van der Waals surface area contributed by atoms with Crippen molar-refractivity contribution in [2.45, 2.75) is 31.9 Å². The van der Waals surface area contributed by atoms with Crippen LogP contribution in [0.1, 0.15) is 28.8 Å². The number of benzene rings is 1. The highest BCUT2D eigenvalue weighted by Gasteiger charge is 2.35. The van der Waals surface area contributed by atoms with Gasteiger partial charge in [0.25, 0.3) is 11.6 Å². The van der Waals surface area contributed by atoms with Crippen molar-refractivity contribution in [3.8, 4) is 0 Å². The van der Waals surface area contributed by atoms with Crippen LogP contribution in [0.5, 0.6) is 0 Å². The molecule has 1 aliphatic rings. The molecule has 1 saturated heterocycles. The number of likely N-dealkylation sites (tertiary alicyclic amines) is 1. The lowest BCUT2D eigenvalue weighted by atomic mass is 10.1. The van der Waals surface area contributed by atoms with Crippen LogP contribution in [0.2, 0.25) is 0 Å². The van der Waals surface area contributed by atoms with Crippen molar-refractivity contribution in [2.75, 3.05) is 20.2 Å². The second-order valence-electron chi connectivity index (χ2n) is 6.20. The molecule has 0 spiro atoms. The molecule has 0 aliphatic carbocycles. The maximum Gasteiger partial charge on any atom is 0.336 e. The van der Waals surface area contributed by atoms with Crippen molar-refractivity contribution in [2.24, 2.45) is 0 Å². The summed E-state index contributed by atoms with van der Waals surface area (Å²) in [4.78, 5) is 48.0. The van der Waals surface area contributed by atoms with Gasteiger partial charge < -0.3 is 20.1 Å². The summed E-state index contributed by atoms with van der Waals surface area (Å²) < 4.78 is 4.37. The number of aliphatic hydroxyl groups excluding tert-OH is 1. The summed E-state index contributed by atoms with van der Waals surface area (Å²) in [7, 11) is 1.12. The summed E-state index contributed by atoms with van der Waals surface area (Å²) in [5.41, 5.74) is 0.527. The molecule has 1 aromatic rings. The van der Waals surface area contributed by atoms with Crippen LogP contribution in [0.25, 0.3) is 0 Å². The maximum atomic E-state index is 12.7. The van der Waals surface area contributed by atoms with E-state index in [1.54, 1.807) is 0 Å². The number of nitrogens with one attached hydrogen (secondary N) is 1. The molecule has 1 aromatic carbocycles. The van der Waals surface area contributed by atoms with E-state index in [1.807, 2.05) is 0 Å². The van der Waals surface area contributed by atoms with Crippen molar-refractivity contribution in [3.63, 3.8) is 0 Å². The van der Waals surface area contributed by atoms with Crippen LogP contribution in [0.4, 0.5) is 5.69 Å². The first-order valence-electron chi connectivity index (χ1n) is 8.36. The van der Waals surface area contributed by atoms with Gasteiger partial charge in [-0.3, -0.25) is 19.7 Å². The largest absolute Gasteiger partial charge is 0.467 e. The van der Waals surface area contributed by atoms with Crippen molar-refractivity contribution >= 4 is 23.5 Å². The van der Waals surface area contributed by atoms with Gasteiger partial charge in [-0.2, -0.15) is 0 Å². The third kappa shape index (κ3) is 4.59. The molecule has 10 nitrogen and oxygen atoms in total. The number of methoxy groups -OCH3 is 1. The third-order valence-corrected chi connectivity index (χ3v) is 4.40. The number of carbonyl (C=O) groups is 3. The molecule has 1 aliphatic heterocycles. The van der Waals surface area contributed by atoms with Crippen LogP contribution in [-0.2, 0) is 14.3 Å². The van der Waals surface area contributed by atoms with Gasteiger partial charge in [-0.1, -0.05) is 0 Å². The Labute approximate surface area is 155 Å². The van der Waals surface area contributed by atoms with E-state index in [0.29, 0.717) is 24.9 Å². The number of aliphatic hydroxyl groups is 1. The second kappa shape index (κ2) is 8.58. The highest BCUT2D eigenvalue weighted by molar-refractivity contribution is 5.98. The Balaban J connectivity index is 2.07. The first kappa shape index (κ1) is 20.3. The van der Waals surface area contributed by atoms with Crippen molar-refractivity contribution in [3.05, 3.63) is 39.4 Å². The second-order valence-corrected chi connectivity index (χ2v) is 6.20. The number of hydrogen-bond donors (Lipinski definition) is 2. The monoisotopic (exact) mass is 379 g/mol. The van der Waals surface area contributed by atoms with Crippen LogP contribution in [0, 0.1) is 17.0 Å². The zero-order valence-corrected chi connectivity index (χ0v) is 15.0. The number of nitrogens with zero attached hydrogens (tertiary/aromatic N) is 2. The van der Waals surface area contributed by atoms with E-state index in [4.69, 9.17) is 0 Å². The van der Waals surface area contributed by atoms with E-state index in [1.165, 1.54) is 30.0 Å². The normalized spacial score (nSPS) is 17.3. The molecule has 2 atom stereocenters. The number of amides is 2. The lowest BCUT2D eigenvalue weighted by molar-refractivity contribution is -0.385. The molecule has 0 saturated carbocycles. The van der Waals surface area contributed by atoms with Crippen LogP contribution < -0.4 is 5.32 Å². The summed E-state index contributed by atoms with van der Waals surface area (Å²) in [5.74, 6) is -1.75. The molecule has 0 bridgehead atoms. The molecule has 1 heterocycles. The summed E-state index contributed by atoms with van der Waals surface area (Å²) >= 11 is 0. The Morgan fingerprint density at radius 1 is 1.44 bits per heavy atom. The van der Waals surface area contributed by atoms with Crippen molar-refractivity contribution in [1.29, 1.82) is 0 Å². The Morgan fingerprint density at radius 2 is 2.15 bits per heavy atom. The predicted octanol–water partition coefficient (Wildman–Crippen LogP) is 0.158. The smallest absolute Gasteiger partial charge is 0.336 e. The van der Waals surface area contributed by atoms with Crippen molar-refractivity contribution in [1.82, 2.24) is 10.2 Å². The average molecular weight is 379 g/mol. The molecule has 1 fully saturated rings. The van der Waals surface area contributed by atoms with Gasteiger partial charge in [0.05, 0.1) is 18.6 Å². The van der Waals surface area contributed by atoms with Crippen LogP contribution in [-0.4, -0.2) is 65.1 Å². The van der Waals surface area contributed by atoms with Gasteiger partial charge in [0.2, 0.25) is 5.91 Å². The number of rotatable bonds is 6. The quantitative estimate of drug-likeness (QED) is 0.408. The molecular weight excluding hydrogens is 358 g/mol. The minimum atomic E-state index is -1.48. The Kier molecular flexibility index (Phi) is 6.45.